The van der Waals surface area contributed by atoms with E-state index in [1.807, 2.05) is 31.2 Å². The number of H-pyrrole nitrogens is 1. The Morgan fingerprint density at radius 3 is 2.67 bits per heavy atom. The maximum Gasteiger partial charge on any atom is 0.229 e. The van der Waals surface area contributed by atoms with Crippen LogP contribution in [-0.2, 0) is 4.74 Å². The van der Waals surface area contributed by atoms with Crippen LogP contribution in [0.2, 0.25) is 0 Å². The van der Waals surface area contributed by atoms with E-state index in [1.165, 1.54) is 0 Å². The summed E-state index contributed by atoms with van der Waals surface area (Å²) in [6.07, 6.45) is 0. The minimum atomic E-state index is 0.681. The molecule has 0 unspecified atom stereocenters. The van der Waals surface area contributed by atoms with Gasteiger partial charge in [0.1, 0.15) is 23.0 Å². The summed E-state index contributed by atoms with van der Waals surface area (Å²) in [5, 5.41) is 4.33. The maximum atomic E-state index is 5.50. The van der Waals surface area contributed by atoms with E-state index in [0.29, 0.717) is 24.9 Å². The van der Waals surface area contributed by atoms with Gasteiger partial charge in [-0.1, -0.05) is 0 Å². The van der Waals surface area contributed by atoms with Crippen LogP contribution in [0.15, 0.2) is 24.3 Å². The number of methoxy groups -OCH3 is 2. The zero-order valence-corrected chi connectivity index (χ0v) is 15.7. The van der Waals surface area contributed by atoms with Gasteiger partial charge in [-0.05, 0) is 25.1 Å². The van der Waals surface area contributed by atoms with Crippen molar-refractivity contribution in [2.75, 3.05) is 50.7 Å². The molecule has 3 aromatic rings. The lowest BCUT2D eigenvalue weighted by molar-refractivity contribution is 0.122. The molecule has 2 N–H and O–H groups in total. The van der Waals surface area contributed by atoms with Crippen molar-refractivity contribution in [2.24, 2.45) is 0 Å². The highest BCUT2D eigenvalue weighted by molar-refractivity contribution is 5.91. The number of aromatic amines is 1. The van der Waals surface area contributed by atoms with E-state index in [9.17, 15) is 0 Å². The minimum absolute atomic E-state index is 0.681. The van der Waals surface area contributed by atoms with Crippen molar-refractivity contribution < 1.29 is 14.2 Å². The smallest absolute Gasteiger partial charge is 0.229 e. The molecule has 0 amide bonds. The molecule has 3 heterocycles. The first-order valence-corrected chi connectivity index (χ1v) is 8.87. The van der Waals surface area contributed by atoms with Gasteiger partial charge in [-0.3, -0.25) is 0 Å². The molecule has 142 valence electrons. The molecule has 8 nitrogen and oxygen atoms in total. The Morgan fingerprint density at radius 1 is 1.11 bits per heavy atom. The molecule has 1 saturated heterocycles. The van der Waals surface area contributed by atoms with Gasteiger partial charge in [-0.25, -0.2) is 0 Å². The molecule has 0 bridgehead atoms. The highest BCUT2D eigenvalue weighted by atomic mass is 16.5. The first-order chi connectivity index (χ1) is 13.2. The largest absolute Gasteiger partial charge is 0.497 e. The number of morpholine rings is 1. The molecule has 0 spiro atoms. The third-order valence-corrected chi connectivity index (χ3v) is 4.57. The Balaban J connectivity index is 1.76. The summed E-state index contributed by atoms with van der Waals surface area (Å²) in [7, 11) is 3.27. The summed E-state index contributed by atoms with van der Waals surface area (Å²) in [4.78, 5) is 14.9. The van der Waals surface area contributed by atoms with Gasteiger partial charge in [0.25, 0.3) is 0 Å². The number of fused-ring (bicyclic) bond motifs is 1. The number of benzene rings is 1. The highest BCUT2D eigenvalue weighted by Gasteiger charge is 2.18. The normalized spacial score (nSPS) is 14.4. The molecular formula is C19H23N5O3. The highest BCUT2D eigenvalue weighted by Crippen LogP contribution is 2.34. The fourth-order valence-corrected chi connectivity index (χ4v) is 3.16. The zero-order valence-electron chi connectivity index (χ0n) is 15.7. The number of anilines is 3. The van der Waals surface area contributed by atoms with Crippen molar-refractivity contribution in [1.29, 1.82) is 0 Å². The molecule has 1 aliphatic heterocycles. The monoisotopic (exact) mass is 369 g/mol. The second kappa shape index (κ2) is 7.32. The second-order valence-electron chi connectivity index (χ2n) is 6.38. The number of nitrogens with zero attached hydrogens (tertiary/aromatic N) is 3. The first-order valence-electron chi connectivity index (χ1n) is 8.87. The molecule has 2 aromatic heterocycles. The molecule has 0 atom stereocenters. The van der Waals surface area contributed by atoms with Crippen LogP contribution in [-0.4, -0.2) is 55.5 Å². The molecule has 4 rings (SSSR count). The van der Waals surface area contributed by atoms with Crippen LogP contribution in [0.1, 0.15) is 5.69 Å². The van der Waals surface area contributed by atoms with Gasteiger partial charge in [0.2, 0.25) is 5.95 Å². The Hall–Kier alpha value is -3.00. The molecule has 1 aromatic carbocycles. The molecule has 0 aliphatic carbocycles. The Labute approximate surface area is 157 Å². The SMILES string of the molecule is COc1ccc(Nc2nc(N3CCOCC3)nc3[nH]c(C)cc23)c(OC)c1. The predicted octanol–water partition coefficient (Wildman–Crippen LogP) is 2.86. The van der Waals surface area contributed by atoms with Crippen molar-refractivity contribution >= 4 is 28.5 Å². The van der Waals surface area contributed by atoms with E-state index in [2.05, 4.69) is 15.2 Å². The van der Waals surface area contributed by atoms with Gasteiger partial charge in [0.15, 0.2) is 0 Å². The van der Waals surface area contributed by atoms with Gasteiger partial charge >= 0.3 is 0 Å². The molecule has 0 radical (unpaired) electrons. The van der Waals surface area contributed by atoms with Crippen LogP contribution >= 0.6 is 0 Å². The van der Waals surface area contributed by atoms with E-state index in [-0.39, 0.29) is 0 Å². The maximum absolute atomic E-state index is 5.50. The first kappa shape index (κ1) is 17.4. The van der Waals surface area contributed by atoms with Crippen molar-refractivity contribution in [1.82, 2.24) is 15.0 Å². The number of aryl methyl sites for hydroxylation is 1. The van der Waals surface area contributed by atoms with Crippen LogP contribution in [0, 0.1) is 6.92 Å². The number of ether oxygens (including phenoxy) is 3. The number of hydrogen-bond acceptors (Lipinski definition) is 7. The summed E-state index contributed by atoms with van der Waals surface area (Å²) in [6, 6.07) is 7.68. The van der Waals surface area contributed by atoms with Gasteiger partial charge in [-0.15, -0.1) is 0 Å². The summed E-state index contributed by atoms with van der Waals surface area (Å²) in [5.41, 5.74) is 2.65. The van der Waals surface area contributed by atoms with Crippen molar-refractivity contribution in [3.05, 3.63) is 30.0 Å². The van der Waals surface area contributed by atoms with E-state index in [0.717, 1.165) is 47.1 Å². The number of nitrogens with one attached hydrogen (secondary N) is 2. The fourth-order valence-electron chi connectivity index (χ4n) is 3.16. The van der Waals surface area contributed by atoms with Crippen LogP contribution < -0.4 is 19.7 Å². The summed E-state index contributed by atoms with van der Waals surface area (Å²) >= 11 is 0. The molecule has 0 saturated carbocycles. The van der Waals surface area contributed by atoms with Gasteiger partial charge in [-0.2, -0.15) is 9.97 Å². The third kappa shape index (κ3) is 3.48. The summed E-state index contributed by atoms with van der Waals surface area (Å²) in [6.45, 7) is 4.92. The average molecular weight is 369 g/mol. The van der Waals surface area contributed by atoms with Crippen molar-refractivity contribution in [3.63, 3.8) is 0 Å². The third-order valence-electron chi connectivity index (χ3n) is 4.57. The Morgan fingerprint density at radius 2 is 1.93 bits per heavy atom. The van der Waals surface area contributed by atoms with E-state index in [4.69, 9.17) is 24.2 Å². The number of hydrogen-bond donors (Lipinski definition) is 2. The van der Waals surface area contributed by atoms with Crippen molar-refractivity contribution in [2.45, 2.75) is 6.92 Å². The molecule has 1 aliphatic rings. The lowest BCUT2D eigenvalue weighted by Crippen LogP contribution is -2.37. The van der Waals surface area contributed by atoms with Crippen LogP contribution in [0.3, 0.4) is 0 Å². The lowest BCUT2D eigenvalue weighted by atomic mass is 10.2. The van der Waals surface area contributed by atoms with Crippen LogP contribution in [0.25, 0.3) is 11.0 Å². The number of aromatic nitrogens is 3. The van der Waals surface area contributed by atoms with E-state index in [1.54, 1.807) is 14.2 Å². The predicted molar refractivity (Wildman–Crippen MR) is 104 cm³/mol. The van der Waals surface area contributed by atoms with Gasteiger partial charge in [0.05, 0.1) is 38.5 Å². The van der Waals surface area contributed by atoms with Gasteiger partial charge in [0, 0.05) is 24.8 Å². The summed E-state index contributed by atoms with van der Waals surface area (Å²) < 4.78 is 16.2. The lowest BCUT2D eigenvalue weighted by Gasteiger charge is -2.27. The average Bonchev–Trinajstić information content (AvgIpc) is 3.09. The fraction of sp³-hybridized carbons (Fsp3) is 0.368. The Kier molecular flexibility index (Phi) is 4.72. The Bertz CT molecular complexity index is 950. The van der Waals surface area contributed by atoms with Crippen LogP contribution in [0.4, 0.5) is 17.5 Å². The molecule has 8 heteroatoms. The second-order valence-corrected chi connectivity index (χ2v) is 6.38. The molecule has 27 heavy (non-hydrogen) atoms. The quantitative estimate of drug-likeness (QED) is 0.715. The van der Waals surface area contributed by atoms with Gasteiger partial charge < -0.3 is 29.4 Å². The summed E-state index contributed by atoms with van der Waals surface area (Å²) in [5.74, 6) is 2.83. The van der Waals surface area contributed by atoms with Crippen molar-refractivity contribution in [3.8, 4) is 11.5 Å². The van der Waals surface area contributed by atoms with E-state index < -0.39 is 0 Å². The minimum Gasteiger partial charge on any atom is -0.497 e. The topological polar surface area (TPSA) is 84.5 Å². The van der Waals surface area contributed by atoms with Crippen LogP contribution in [0.5, 0.6) is 11.5 Å². The van der Waals surface area contributed by atoms with E-state index >= 15 is 0 Å². The molecule has 1 fully saturated rings. The standard InChI is InChI=1S/C19H23N5O3/c1-12-10-14-17(20-12)22-19(24-6-8-27-9-7-24)23-18(14)21-15-5-4-13(25-2)11-16(15)26-3/h4-5,10-11H,6-9H2,1-3H3,(H2,20,21,22,23). The zero-order chi connectivity index (χ0) is 18.8. The molecular weight excluding hydrogens is 346 g/mol. The number of rotatable bonds is 5.